The first kappa shape index (κ1) is 20.5. The molecule has 2 aromatic heterocycles. The lowest BCUT2D eigenvalue weighted by Gasteiger charge is -2.08. The minimum absolute atomic E-state index is 0.0932. The van der Waals surface area contributed by atoms with E-state index < -0.39 is 0 Å². The van der Waals surface area contributed by atoms with Gasteiger partial charge in [-0.25, -0.2) is 9.37 Å². The van der Waals surface area contributed by atoms with Crippen LogP contribution in [0.25, 0.3) is 10.2 Å². The summed E-state index contributed by atoms with van der Waals surface area (Å²) in [5.41, 5.74) is 1.44. The number of carbonyl (C=O) groups excluding carboxylic acids is 1. The average Bonchev–Trinajstić information content (AvgIpc) is 2.97. The number of aryl methyl sites for hydroxylation is 1. The van der Waals surface area contributed by atoms with Gasteiger partial charge in [-0.2, -0.15) is 0 Å². The SMILES string of the molecule is CC[C@@H](C)Cc1c(C)sc2nc(SCC(=O)Nc3ccc(F)cc3)[nH]c(=O)c12. The number of thioether (sulfide) groups is 1. The molecule has 5 nitrogen and oxygen atoms in total. The van der Waals surface area contributed by atoms with Crippen molar-refractivity contribution >= 4 is 44.9 Å². The van der Waals surface area contributed by atoms with Gasteiger partial charge in [0, 0.05) is 10.6 Å². The Labute approximate surface area is 170 Å². The smallest absolute Gasteiger partial charge is 0.260 e. The predicted molar refractivity (Wildman–Crippen MR) is 114 cm³/mol. The molecule has 1 amide bonds. The Morgan fingerprint density at radius 1 is 1.36 bits per heavy atom. The van der Waals surface area contributed by atoms with E-state index in [0.717, 1.165) is 23.3 Å². The molecule has 0 saturated carbocycles. The van der Waals surface area contributed by atoms with Gasteiger partial charge in [-0.3, -0.25) is 9.59 Å². The molecule has 3 rings (SSSR count). The molecule has 0 saturated heterocycles. The van der Waals surface area contributed by atoms with Gasteiger partial charge in [-0.1, -0.05) is 32.0 Å². The Morgan fingerprint density at radius 3 is 2.75 bits per heavy atom. The number of nitrogens with zero attached hydrogens (tertiary/aromatic N) is 1. The Balaban J connectivity index is 1.73. The van der Waals surface area contributed by atoms with Crippen LogP contribution in [-0.2, 0) is 11.2 Å². The highest BCUT2D eigenvalue weighted by molar-refractivity contribution is 7.99. The van der Waals surface area contributed by atoms with Crippen molar-refractivity contribution in [1.29, 1.82) is 0 Å². The molecule has 1 aromatic carbocycles. The molecule has 2 heterocycles. The van der Waals surface area contributed by atoms with Gasteiger partial charge in [0.15, 0.2) is 5.16 Å². The standard InChI is InChI=1S/C20H22FN3O2S2/c1-4-11(2)9-15-12(3)28-19-17(15)18(26)23-20(24-19)27-10-16(25)22-14-7-5-13(21)6-8-14/h5-8,11H,4,9-10H2,1-3H3,(H,22,25)(H,23,24,26)/t11-/m1/s1. The highest BCUT2D eigenvalue weighted by Gasteiger charge is 2.17. The lowest BCUT2D eigenvalue weighted by atomic mass is 9.98. The largest absolute Gasteiger partial charge is 0.325 e. The predicted octanol–water partition coefficient (Wildman–Crippen LogP) is 4.75. The second-order valence-corrected chi connectivity index (χ2v) is 8.92. The minimum Gasteiger partial charge on any atom is -0.325 e. The molecule has 0 aliphatic carbocycles. The number of H-pyrrole nitrogens is 1. The number of aromatic nitrogens is 2. The van der Waals surface area contributed by atoms with Crippen molar-refractivity contribution in [3.8, 4) is 0 Å². The molecule has 0 fully saturated rings. The summed E-state index contributed by atoms with van der Waals surface area (Å²) in [7, 11) is 0. The van der Waals surface area contributed by atoms with Gasteiger partial charge in [-0.05, 0) is 49.1 Å². The van der Waals surface area contributed by atoms with Crippen LogP contribution in [0.2, 0.25) is 0 Å². The van der Waals surface area contributed by atoms with E-state index in [0.29, 0.717) is 27.0 Å². The van der Waals surface area contributed by atoms with Gasteiger partial charge in [0.1, 0.15) is 10.6 Å². The van der Waals surface area contributed by atoms with Crippen LogP contribution in [0.1, 0.15) is 30.7 Å². The van der Waals surface area contributed by atoms with E-state index in [-0.39, 0.29) is 23.0 Å². The van der Waals surface area contributed by atoms with Crippen LogP contribution in [-0.4, -0.2) is 21.6 Å². The number of nitrogens with one attached hydrogen (secondary N) is 2. The van der Waals surface area contributed by atoms with Crippen molar-refractivity contribution < 1.29 is 9.18 Å². The van der Waals surface area contributed by atoms with Crippen LogP contribution in [0.4, 0.5) is 10.1 Å². The zero-order valence-electron chi connectivity index (χ0n) is 16.0. The number of aromatic amines is 1. The Hall–Kier alpha value is -2.19. The molecule has 148 valence electrons. The molecule has 0 bridgehead atoms. The summed E-state index contributed by atoms with van der Waals surface area (Å²) in [4.78, 5) is 33.9. The molecule has 28 heavy (non-hydrogen) atoms. The summed E-state index contributed by atoms with van der Waals surface area (Å²) in [6.45, 7) is 6.34. The van der Waals surface area contributed by atoms with Gasteiger partial charge in [0.05, 0.1) is 11.1 Å². The normalized spacial score (nSPS) is 12.3. The van der Waals surface area contributed by atoms with Crippen LogP contribution in [0.15, 0.2) is 34.2 Å². The zero-order valence-corrected chi connectivity index (χ0v) is 17.6. The average molecular weight is 420 g/mol. The van der Waals surface area contributed by atoms with Crippen LogP contribution < -0.4 is 10.9 Å². The molecule has 2 N–H and O–H groups in total. The minimum atomic E-state index is -0.360. The Kier molecular flexibility index (Phi) is 6.51. The zero-order chi connectivity index (χ0) is 20.3. The number of carbonyl (C=O) groups is 1. The summed E-state index contributed by atoms with van der Waals surface area (Å²) < 4.78 is 12.9. The molecular weight excluding hydrogens is 397 g/mol. The third-order valence-corrected chi connectivity index (χ3v) is 6.47. The molecule has 0 aliphatic rings. The van der Waals surface area contributed by atoms with Crippen LogP contribution in [0.5, 0.6) is 0 Å². The summed E-state index contributed by atoms with van der Waals surface area (Å²) in [5, 5.41) is 3.78. The number of hydrogen-bond donors (Lipinski definition) is 2. The van der Waals surface area contributed by atoms with Gasteiger partial charge < -0.3 is 10.3 Å². The quantitative estimate of drug-likeness (QED) is 0.428. The number of halogens is 1. The fraction of sp³-hybridized carbons (Fsp3) is 0.350. The number of rotatable bonds is 7. The highest BCUT2D eigenvalue weighted by atomic mass is 32.2. The van der Waals surface area contributed by atoms with Gasteiger partial charge in [0.2, 0.25) is 5.91 Å². The summed E-state index contributed by atoms with van der Waals surface area (Å²) in [6, 6.07) is 5.56. The summed E-state index contributed by atoms with van der Waals surface area (Å²) in [6.07, 6.45) is 1.92. The molecule has 3 aromatic rings. The number of benzene rings is 1. The fourth-order valence-electron chi connectivity index (χ4n) is 2.83. The first-order valence-corrected chi connectivity index (χ1v) is 10.9. The number of fused-ring (bicyclic) bond motifs is 1. The molecule has 0 aliphatic heterocycles. The van der Waals surface area contributed by atoms with Gasteiger partial charge in [0.25, 0.3) is 5.56 Å². The molecule has 1 atom stereocenters. The number of hydrogen-bond acceptors (Lipinski definition) is 5. The molecule has 0 radical (unpaired) electrons. The van der Waals surface area contributed by atoms with Crippen LogP contribution in [0.3, 0.4) is 0 Å². The first-order chi connectivity index (χ1) is 13.4. The van der Waals surface area contributed by atoms with Crippen molar-refractivity contribution in [3.05, 3.63) is 50.9 Å². The molecule has 0 unspecified atom stereocenters. The lowest BCUT2D eigenvalue weighted by molar-refractivity contribution is -0.113. The summed E-state index contributed by atoms with van der Waals surface area (Å²) >= 11 is 2.68. The van der Waals surface area contributed by atoms with Crippen molar-refractivity contribution in [1.82, 2.24) is 9.97 Å². The topological polar surface area (TPSA) is 74.8 Å². The van der Waals surface area contributed by atoms with E-state index in [1.54, 1.807) is 0 Å². The van der Waals surface area contributed by atoms with Crippen molar-refractivity contribution in [3.63, 3.8) is 0 Å². The van der Waals surface area contributed by atoms with E-state index >= 15 is 0 Å². The van der Waals surface area contributed by atoms with E-state index in [2.05, 4.69) is 29.1 Å². The van der Waals surface area contributed by atoms with Gasteiger partial charge in [-0.15, -0.1) is 11.3 Å². The second kappa shape index (κ2) is 8.87. The number of anilines is 1. The number of amides is 1. The van der Waals surface area contributed by atoms with Crippen LogP contribution >= 0.6 is 23.1 Å². The molecule has 8 heteroatoms. The maximum absolute atomic E-state index is 12.9. The monoisotopic (exact) mass is 419 g/mol. The van der Waals surface area contributed by atoms with E-state index in [1.807, 2.05) is 6.92 Å². The van der Waals surface area contributed by atoms with E-state index in [4.69, 9.17) is 0 Å². The van der Waals surface area contributed by atoms with E-state index in [1.165, 1.54) is 47.4 Å². The van der Waals surface area contributed by atoms with Gasteiger partial charge >= 0.3 is 0 Å². The third-order valence-electron chi connectivity index (χ3n) is 4.56. The second-order valence-electron chi connectivity index (χ2n) is 6.75. The fourth-order valence-corrected chi connectivity index (χ4v) is 4.60. The van der Waals surface area contributed by atoms with Crippen molar-refractivity contribution in [2.24, 2.45) is 5.92 Å². The number of thiophene rings is 1. The van der Waals surface area contributed by atoms with E-state index in [9.17, 15) is 14.0 Å². The maximum Gasteiger partial charge on any atom is 0.260 e. The highest BCUT2D eigenvalue weighted by Crippen LogP contribution is 2.30. The molecular formula is C20H22FN3O2S2. The summed E-state index contributed by atoms with van der Waals surface area (Å²) in [5.74, 6) is -0.0173. The lowest BCUT2D eigenvalue weighted by Crippen LogP contribution is -2.15. The van der Waals surface area contributed by atoms with Crippen molar-refractivity contribution in [2.75, 3.05) is 11.1 Å². The Morgan fingerprint density at radius 2 is 2.07 bits per heavy atom. The molecule has 0 spiro atoms. The first-order valence-electron chi connectivity index (χ1n) is 9.07. The van der Waals surface area contributed by atoms with Crippen LogP contribution in [0, 0.1) is 18.7 Å². The Bertz CT molecular complexity index is 1040. The third kappa shape index (κ3) is 4.80. The maximum atomic E-state index is 12.9. The van der Waals surface area contributed by atoms with Crippen molar-refractivity contribution in [2.45, 2.75) is 38.8 Å².